The maximum absolute atomic E-state index is 5.61. The topological polar surface area (TPSA) is 30.5 Å². The molecule has 1 aromatic rings. The molecule has 1 N–H and O–H groups in total. The molecule has 0 saturated heterocycles. The van der Waals surface area contributed by atoms with Crippen molar-refractivity contribution >= 4 is 0 Å². The summed E-state index contributed by atoms with van der Waals surface area (Å²) < 4.78 is 11.0. The van der Waals surface area contributed by atoms with Gasteiger partial charge in [0.1, 0.15) is 0 Å². The molecule has 1 rings (SSSR count). The van der Waals surface area contributed by atoms with Gasteiger partial charge in [0.25, 0.3) is 0 Å². The van der Waals surface area contributed by atoms with Gasteiger partial charge in [-0.1, -0.05) is 38.1 Å². The molecule has 0 aliphatic heterocycles. The van der Waals surface area contributed by atoms with Crippen LogP contribution in [0.3, 0.4) is 0 Å². The van der Waals surface area contributed by atoms with Crippen molar-refractivity contribution in [2.75, 3.05) is 13.2 Å². The first-order valence-corrected chi connectivity index (χ1v) is 7.08. The fraction of sp³-hybridized carbons (Fsp3) is 0.625. The summed E-state index contributed by atoms with van der Waals surface area (Å²) in [4.78, 5) is 0. The molecule has 0 saturated carbocycles. The first-order valence-electron chi connectivity index (χ1n) is 7.08. The number of ether oxygens (including phenoxy) is 2. The van der Waals surface area contributed by atoms with Crippen LogP contribution in [-0.4, -0.2) is 25.4 Å². The van der Waals surface area contributed by atoms with Crippen LogP contribution in [0.4, 0.5) is 0 Å². The molecule has 0 fully saturated rings. The van der Waals surface area contributed by atoms with Gasteiger partial charge in [0, 0.05) is 12.6 Å². The Bertz CT molecular complexity index is 350. The molecule has 0 bridgehead atoms. The van der Waals surface area contributed by atoms with E-state index in [9.17, 15) is 0 Å². The van der Waals surface area contributed by atoms with Gasteiger partial charge < -0.3 is 14.8 Å². The molecule has 0 radical (unpaired) electrons. The minimum atomic E-state index is 0.272. The normalized spacial score (nSPS) is 11.5. The highest BCUT2D eigenvalue weighted by molar-refractivity contribution is 5.22. The lowest BCUT2D eigenvalue weighted by Crippen LogP contribution is -2.21. The standard InChI is InChI=1S/C16H27NO2/c1-13(2)17-11-15-6-5-7-16(10-15)12-18-8-9-19-14(3)4/h5-7,10,13-14,17H,8-9,11-12H2,1-4H3. The predicted molar refractivity (Wildman–Crippen MR) is 79.2 cm³/mol. The van der Waals surface area contributed by atoms with Crippen LogP contribution in [0.1, 0.15) is 38.8 Å². The summed E-state index contributed by atoms with van der Waals surface area (Å²) in [6, 6.07) is 9.02. The van der Waals surface area contributed by atoms with E-state index >= 15 is 0 Å². The molecule has 0 aromatic heterocycles. The summed E-state index contributed by atoms with van der Waals surface area (Å²) in [5, 5.41) is 3.42. The lowest BCUT2D eigenvalue weighted by Gasteiger charge is -2.10. The zero-order chi connectivity index (χ0) is 14.1. The average molecular weight is 265 g/mol. The lowest BCUT2D eigenvalue weighted by molar-refractivity contribution is 0.0143. The molecule has 0 spiro atoms. The quantitative estimate of drug-likeness (QED) is 0.696. The van der Waals surface area contributed by atoms with Gasteiger partial charge in [0.2, 0.25) is 0 Å². The average Bonchev–Trinajstić information content (AvgIpc) is 2.36. The van der Waals surface area contributed by atoms with Gasteiger partial charge in [-0.2, -0.15) is 0 Å². The van der Waals surface area contributed by atoms with Crippen LogP contribution in [0.5, 0.6) is 0 Å². The molecular formula is C16H27NO2. The summed E-state index contributed by atoms with van der Waals surface area (Å²) in [6.45, 7) is 11.2. The molecule has 19 heavy (non-hydrogen) atoms. The van der Waals surface area contributed by atoms with Gasteiger partial charge >= 0.3 is 0 Å². The van der Waals surface area contributed by atoms with Gasteiger partial charge in [-0.05, 0) is 25.0 Å². The van der Waals surface area contributed by atoms with E-state index in [-0.39, 0.29) is 6.10 Å². The number of hydrogen-bond donors (Lipinski definition) is 1. The highest BCUT2D eigenvalue weighted by Gasteiger charge is 1.99. The van der Waals surface area contributed by atoms with E-state index in [1.807, 2.05) is 13.8 Å². The second kappa shape index (κ2) is 9.08. The number of rotatable bonds is 9. The first-order chi connectivity index (χ1) is 9.08. The molecule has 3 heteroatoms. The van der Waals surface area contributed by atoms with Crippen LogP contribution < -0.4 is 5.32 Å². The third-order valence-corrected chi connectivity index (χ3v) is 2.65. The van der Waals surface area contributed by atoms with Gasteiger partial charge in [0.15, 0.2) is 0 Å². The maximum Gasteiger partial charge on any atom is 0.0718 e. The number of hydrogen-bond acceptors (Lipinski definition) is 3. The van der Waals surface area contributed by atoms with Gasteiger partial charge in [-0.3, -0.25) is 0 Å². The number of nitrogens with one attached hydrogen (secondary N) is 1. The van der Waals surface area contributed by atoms with Crippen LogP contribution in [0, 0.1) is 0 Å². The Balaban J connectivity index is 2.27. The summed E-state index contributed by atoms with van der Waals surface area (Å²) in [5.41, 5.74) is 2.51. The molecule has 0 heterocycles. The van der Waals surface area contributed by atoms with Crippen molar-refractivity contribution in [3.8, 4) is 0 Å². The van der Waals surface area contributed by atoms with E-state index in [4.69, 9.17) is 9.47 Å². The van der Waals surface area contributed by atoms with Crippen LogP contribution in [0.25, 0.3) is 0 Å². The van der Waals surface area contributed by atoms with Crippen molar-refractivity contribution in [2.24, 2.45) is 0 Å². The SMILES string of the molecule is CC(C)NCc1cccc(COCCOC(C)C)c1. The highest BCUT2D eigenvalue weighted by atomic mass is 16.5. The lowest BCUT2D eigenvalue weighted by atomic mass is 10.1. The molecule has 108 valence electrons. The molecule has 0 atom stereocenters. The third-order valence-electron chi connectivity index (χ3n) is 2.65. The van der Waals surface area contributed by atoms with Gasteiger partial charge in [0.05, 0.1) is 25.9 Å². The Morgan fingerprint density at radius 3 is 2.47 bits per heavy atom. The zero-order valence-corrected chi connectivity index (χ0v) is 12.6. The largest absolute Gasteiger partial charge is 0.376 e. The molecule has 0 aliphatic rings. The fourth-order valence-electron chi connectivity index (χ4n) is 1.68. The van der Waals surface area contributed by atoms with Crippen molar-refractivity contribution in [2.45, 2.75) is 53.0 Å². The maximum atomic E-state index is 5.61. The Labute approximate surface area is 117 Å². The summed E-state index contributed by atoms with van der Waals surface area (Å²) >= 11 is 0. The van der Waals surface area contributed by atoms with E-state index in [0.29, 0.717) is 25.9 Å². The van der Waals surface area contributed by atoms with Crippen molar-refractivity contribution in [1.29, 1.82) is 0 Å². The molecular weight excluding hydrogens is 238 g/mol. The van der Waals surface area contributed by atoms with Crippen molar-refractivity contribution in [1.82, 2.24) is 5.32 Å². The summed E-state index contributed by atoms with van der Waals surface area (Å²) in [6.07, 6.45) is 0.272. The second-order valence-corrected chi connectivity index (χ2v) is 5.33. The van der Waals surface area contributed by atoms with Crippen LogP contribution in [-0.2, 0) is 22.6 Å². The zero-order valence-electron chi connectivity index (χ0n) is 12.6. The Kier molecular flexibility index (Phi) is 7.72. The van der Waals surface area contributed by atoms with Crippen LogP contribution >= 0.6 is 0 Å². The van der Waals surface area contributed by atoms with E-state index in [1.165, 1.54) is 11.1 Å². The smallest absolute Gasteiger partial charge is 0.0718 e. The summed E-state index contributed by atoms with van der Waals surface area (Å²) in [7, 11) is 0. The molecule has 3 nitrogen and oxygen atoms in total. The molecule has 0 amide bonds. The van der Waals surface area contributed by atoms with E-state index in [2.05, 4.69) is 43.4 Å². The van der Waals surface area contributed by atoms with Crippen molar-refractivity contribution in [3.63, 3.8) is 0 Å². The Morgan fingerprint density at radius 2 is 1.79 bits per heavy atom. The van der Waals surface area contributed by atoms with Crippen molar-refractivity contribution < 1.29 is 9.47 Å². The van der Waals surface area contributed by atoms with Gasteiger partial charge in [-0.15, -0.1) is 0 Å². The van der Waals surface area contributed by atoms with Gasteiger partial charge in [-0.25, -0.2) is 0 Å². The molecule has 0 unspecified atom stereocenters. The Hall–Kier alpha value is -0.900. The predicted octanol–water partition coefficient (Wildman–Crippen LogP) is 3.13. The van der Waals surface area contributed by atoms with E-state index < -0.39 is 0 Å². The van der Waals surface area contributed by atoms with E-state index in [0.717, 1.165) is 6.54 Å². The highest BCUT2D eigenvalue weighted by Crippen LogP contribution is 2.07. The monoisotopic (exact) mass is 265 g/mol. The first kappa shape index (κ1) is 16.2. The summed E-state index contributed by atoms with van der Waals surface area (Å²) in [5.74, 6) is 0. The minimum absolute atomic E-state index is 0.272. The third kappa shape index (κ3) is 7.98. The number of benzene rings is 1. The van der Waals surface area contributed by atoms with E-state index in [1.54, 1.807) is 0 Å². The Morgan fingerprint density at radius 1 is 1.05 bits per heavy atom. The second-order valence-electron chi connectivity index (χ2n) is 5.33. The fourth-order valence-corrected chi connectivity index (χ4v) is 1.68. The van der Waals surface area contributed by atoms with Crippen LogP contribution in [0.15, 0.2) is 24.3 Å². The molecule has 0 aliphatic carbocycles. The minimum Gasteiger partial charge on any atom is -0.376 e. The van der Waals surface area contributed by atoms with Crippen molar-refractivity contribution in [3.05, 3.63) is 35.4 Å². The van der Waals surface area contributed by atoms with Crippen LogP contribution in [0.2, 0.25) is 0 Å². The molecule has 1 aromatic carbocycles.